The van der Waals surface area contributed by atoms with Crippen LogP contribution in [0.4, 0.5) is 0 Å². The molecule has 1 fully saturated rings. The van der Waals surface area contributed by atoms with Crippen LogP contribution in [0.25, 0.3) is 0 Å². The number of ether oxygens (including phenoxy) is 1. The van der Waals surface area contributed by atoms with Gasteiger partial charge in [0.2, 0.25) is 6.08 Å². The van der Waals surface area contributed by atoms with Crippen LogP contribution in [-0.4, -0.2) is 24.8 Å². The number of carbonyl (C=O) groups excluding carboxylic acids is 1. The summed E-state index contributed by atoms with van der Waals surface area (Å²) in [5.41, 5.74) is -0.102. The van der Waals surface area contributed by atoms with Crippen LogP contribution in [0.2, 0.25) is 0 Å². The number of epoxide rings is 1. The highest BCUT2D eigenvalue weighted by Crippen LogP contribution is 2.32. The number of hydrogen-bond donors (Lipinski definition) is 0. The van der Waals surface area contributed by atoms with E-state index in [1.165, 1.54) is 6.08 Å². The van der Waals surface area contributed by atoms with Gasteiger partial charge in [0, 0.05) is 6.42 Å². The number of nitrogens with zero attached hydrogens (tertiary/aromatic N) is 1. The summed E-state index contributed by atoms with van der Waals surface area (Å²) < 4.78 is 5.21. The molecule has 0 aromatic rings. The van der Waals surface area contributed by atoms with Crippen molar-refractivity contribution in [3.63, 3.8) is 0 Å². The third kappa shape index (κ3) is 2.30. The average Bonchev–Trinajstić information content (AvgIpc) is 2.71. The first-order valence-electron chi connectivity index (χ1n) is 3.64. The zero-order valence-corrected chi connectivity index (χ0v) is 6.54. The Morgan fingerprint density at radius 1 is 1.82 bits per heavy atom. The lowest BCUT2D eigenvalue weighted by Gasteiger charge is -2.00. The van der Waals surface area contributed by atoms with Crippen molar-refractivity contribution in [2.75, 3.05) is 13.2 Å². The third-order valence-electron chi connectivity index (χ3n) is 1.70. The number of isocyanates is 1. The quantitative estimate of drug-likeness (QED) is 0.262. The van der Waals surface area contributed by atoms with Crippen LogP contribution in [0.5, 0.6) is 0 Å². The molecule has 1 aliphatic heterocycles. The van der Waals surface area contributed by atoms with Crippen molar-refractivity contribution in [3.8, 4) is 0 Å². The molecule has 3 nitrogen and oxygen atoms in total. The molecule has 0 amide bonds. The van der Waals surface area contributed by atoms with Crippen LogP contribution >= 0.6 is 0 Å². The SMILES string of the molecule is CC=CC1(CCN=C=O)CO1. The summed E-state index contributed by atoms with van der Waals surface area (Å²) in [4.78, 5) is 13.2. The molecule has 1 rings (SSSR count). The van der Waals surface area contributed by atoms with Gasteiger partial charge in [-0.25, -0.2) is 9.79 Å². The summed E-state index contributed by atoms with van der Waals surface area (Å²) in [6.07, 6.45) is 6.25. The van der Waals surface area contributed by atoms with Gasteiger partial charge in [-0.15, -0.1) is 0 Å². The molecule has 1 heterocycles. The number of allylic oxidation sites excluding steroid dienone is 1. The van der Waals surface area contributed by atoms with E-state index in [1.54, 1.807) is 0 Å². The lowest BCUT2D eigenvalue weighted by molar-refractivity contribution is 0.339. The van der Waals surface area contributed by atoms with Gasteiger partial charge in [0.25, 0.3) is 0 Å². The van der Waals surface area contributed by atoms with Gasteiger partial charge < -0.3 is 4.74 Å². The van der Waals surface area contributed by atoms with Crippen LogP contribution < -0.4 is 0 Å². The predicted molar refractivity (Wildman–Crippen MR) is 41.1 cm³/mol. The Bertz CT molecular complexity index is 200. The Morgan fingerprint density at radius 3 is 3.00 bits per heavy atom. The fourth-order valence-corrected chi connectivity index (χ4v) is 1.01. The van der Waals surface area contributed by atoms with Gasteiger partial charge in [-0.3, -0.25) is 0 Å². The highest BCUT2D eigenvalue weighted by atomic mass is 16.6. The monoisotopic (exact) mass is 153 g/mol. The molecule has 0 aliphatic carbocycles. The summed E-state index contributed by atoms with van der Waals surface area (Å²) in [6.45, 7) is 3.21. The van der Waals surface area contributed by atoms with E-state index in [9.17, 15) is 4.79 Å². The van der Waals surface area contributed by atoms with Crippen molar-refractivity contribution in [3.05, 3.63) is 12.2 Å². The summed E-state index contributed by atoms with van der Waals surface area (Å²) >= 11 is 0. The molecule has 1 atom stereocenters. The first-order valence-corrected chi connectivity index (χ1v) is 3.64. The molecule has 0 radical (unpaired) electrons. The Morgan fingerprint density at radius 2 is 2.55 bits per heavy atom. The highest BCUT2D eigenvalue weighted by molar-refractivity contribution is 5.32. The van der Waals surface area contributed by atoms with E-state index < -0.39 is 0 Å². The van der Waals surface area contributed by atoms with Gasteiger partial charge in [-0.2, -0.15) is 0 Å². The second-order valence-corrected chi connectivity index (χ2v) is 2.58. The number of hydrogen-bond acceptors (Lipinski definition) is 3. The highest BCUT2D eigenvalue weighted by Gasteiger charge is 2.40. The molecular formula is C8H11NO2. The van der Waals surface area contributed by atoms with Crippen LogP contribution in [0.15, 0.2) is 17.1 Å². The molecular weight excluding hydrogens is 142 g/mol. The number of rotatable bonds is 4. The Hall–Kier alpha value is -0.920. The van der Waals surface area contributed by atoms with Gasteiger partial charge in [-0.1, -0.05) is 12.2 Å². The van der Waals surface area contributed by atoms with Crippen molar-refractivity contribution < 1.29 is 9.53 Å². The predicted octanol–water partition coefficient (Wildman–Crippen LogP) is 1.06. The smallest absolute Gasteiger partial charge is 0.234 e. The fourth-order valence-electron chi connectivity index (χ4n) is 1.01. The van der Waals surface area contributed by atoms with Crippen molar-refractivity contribution >= 4 is 6.08 Å². The van der Waals surface area contributed by atoms with Crippen molar-refractivity contribution in [1.29, 1.82) is 0 Å². The largest absolute Gasteiger partial charge is 0.365 e. The van der Waals surface area contributed by atoms with Crippen molar-refractivity contribution in [2.45, 2.75) is 18.9 Å². The molecule has 0 N–H and O–H groups in total. The normalized spacial score (nSPS) is 28.5. The zero-order valence-electron chi connectivity index (χ0n) is 6.54. The fraction of sp³-hybridized carbons (Fsp3) is 0.625. The van der Waals surface area contributed by atoms with Crippen LogP contribution in [0, 0.1) is 0 Å². The maximum Gasteiger partial charge on any atom is 0.234 e. The maximum atomic E-state index is 9.72. The summed E-state index contributed by atoms with van der Waals surface area (Å²) in [5.74, 6) is 0. The molecule has 1 unspecified atom stereocenters. The van der Waals surface area contributed by atoms with Crippen molar-refractivity contribution in [2.24, 2.45) is 4.99 Å². The molecule has 0 aromatic carbocycles. The topological polar surface area (TPSA) is 42.0 Å². The Balaban J connectivity index is 2.30. The molecule has 11 heavy (non-hydrogen) atoms. The number of aliphatic imine (C=N–C) groups is 1. The summed E-state index contributed by atoms with van der Waals surface area (Å²) in [7, 11) is 0. The van der Waals surface area contributed by atoms with Gasteiger partial charge >= 0.3 is 0 Å². The minimum atomic E-state index is -0.102. The van der Waals surface area contributed by atoms with Crippen LogP contribution in [0.3, 0.4) is 0 Å². The van der Waals surface area contributed by atoms with E-state index in [-0.39, 0.29) is 5.60 Å². The van der Waals surface area contributed by atoms with E-state index in [0.29, 0.717) is 6.54 Å². The second kappa shape index (κ2) is 3.46. The van der Waals surface area contributed by atoms with Crippen molar-refractivity contribution in [1.82, 2.24) is 0 Å². The molecule has 1 aliphatic rings. The lowest BCUT2D eigenvalue weighted by Crippen LogP contribution is -2.07. The van der Waals surface area contributed by atoms with E-state index in [0.717, 1.165) is 13.0 Å². The molecule has 3 heteroatoms. The van der Waals surface area contributed by atoms with E-state index in [1.807, 2.05) is 19.1 Å². The minimum Gasteiger partial charge on any atom is -0.365 e. The molecule has 60 valence electrons. The van der Waals surface area contributed by atoms with Gasteiger partial charge in [-0.05, 0) is 6.92 Å². The summed E-state index contributed by atoms with van der Waals surface area (Å²) in [6, 6.07) is 0. The standard InChI is InChI=1S/C8H11NO2/c1-2-3-8(6-11-8)4-5-9-7-10/h2-3H,4-6H2,1H3. The van der Waals surface area contributed by atoms with E-state index >= 15 is 0 Å². The molecule has 0 aromatic heterocycles. The molecule has 0 bridgehead atoms. The van der Waals surface area contributed by atoms with Crippen LogP contribution in [-0.2, 0) is 9.53 Å². The first kappa shape index (κ1) is 8.18. The molecule has 0 saturated carbocycles. The summed E-state index contributed by atoms with van der Waals surface area (Å²) in [5, 5.41) is 0. The van der Waals surface area contributed by atoms with Gasteiger partial charge in [0.05, 0.1) is 13.2 Å². The van der Waals surface area contributed by atoms with Gasteiger partial charge in [0.15, 0.2) is 0 Å². The maximum absolute atomic E-state index is 9.72. The average molecular weight is 153 g/mol. The Kier molecular flexibility index (Phi) is 2.58. The Labute approximate surface area is 65.8 Å². The van der Waals surface area contributed by atoms with Crippen LogP contribution in [0.1, 0.15) is 13.3 Å². The second-order valence-electron chi connectivity index (χ2n) is 2.58. The molecule has 1 saturated heterocycles. The lowest BCUT2D eigenvalue weighted by atomic mass is 10.1. The molecule has 0 spiro atoms. The van der Waals surface area contributed by atoms with Gasteiger partial charge in [0.1, 0.15) is 5.60 Å². The van der Waals surface area contributed by atoms with E-state index in [2.05, 4.69) is 4.99 Å². The zero-order chi connectivity index (χ0) is 8.16. The van der Waals surface area contributed by atoms with E-state index in [4.69, 9.17) is 4.74 Å². The minimum absolute atomic E-state index is 0.102. The first-order chi connectivity index (χ1) is 5.33. The third-order valence-corrected chi connectivity index (χ3v) is 1.70.